The Hall–Kier alpha value is -1.56. The highest BCUT2D eigenvalue weighted by Crippen LogP contribution is 2.21. The van der Waals surface area contributed by atoms with Gasteiger partial charge < -0.3 is 10.5 Å². The lowest BCUT2D eigenvalue weighted by molar-refractivity contribution is 0.341. The number of sulfone groups is 1. The van der Waals surface area contributed by atoms with E-state index in [1.807, 2.05) is 12.1 Å². The molecule has 0 amide bonds. The molecule has 0 aliphatic heterocycles. The largest absolute Gasteiger partial charge is 0.493 e. The van der Waals surface area contributed by atoms with Crippen LogP contribution in [-0.4, -0.2) is 20.8 Å². The Morgan fingerprint density at radius 3 is 2.33 bits per heavy atom. The van der Waals surface area contributed by atoms with E-state index in [1.54, 1.807) is 30.3 Å². The minimum absolute atomic E-state index is 0.0650. The molecule has 21 heavy (non-hydrogen) atoms. The van der Waals surface area contributed by atoms with E-state index in [0.29, 0.717) is 12.3 Å². The van der Waals surface area contributed by atoms with Crippen LogP contribution in [0.2, 0.25) is 5.02 Å². The van der Waals surface area contributed by atoms with Gasteiger partial charge in [-0.15, -0.1) is 0 Å². The molecular formula is C15H16ClNO3S. The fourth-order valence-electron chi connectivity index (χ4n) is 1.80. The summed E-state index contributed by atoms with van der Waals surface area (Å²) in [6.45, 7) is 0.524. The lowest BCUT2D eigenvalue weighted by atomic mass is 10.2. The highest BCUT2D eigenvalue weighted by molar-refractivity contribution is 7.91. The van der Waals surface area contributed by atoms with Crippen LogP contribution >= 0.6 is 11.6 Å². The van der Waals surface area contributed by atoms with Gasteiger partial charge in [0.1, 0.15) is 12.4 Å². The molecule has 4 nitrogen and oxygen atoms in total. The minimum atomic E-state index is -3.45. The van der Waals surface area contributed by atoms with E-state index in [9.17, 15) is 8.42 Å². The molecule has 2 N–H and O–H groups in total. The maximum Gasteiger partial charge on any atom is 0.183 e. The summed E-state index contributed by atoms with van der Waals surface area (Å²) in [5.74, 6) is 0.483. The molecule has 0 radical (unpaired) electrons. The van der Waals surface area contributed by atoms with E-state index in [0.717, 1.165) is 5.56 Å². The Bertz CT molecular complexity index is 699. The third-order valence-corrected chi connectivity index (χ3v) is 5.12. The lowest BCUT2D eigenvalue weighted by Crippen LogP contribution is -2.14. The van der Waals surface area contributed by atoms with Crippen molar-refractivity contribution in [2.45, 2.75) is 11.4 Å². The van der Waals surface area contributed by atoms with Gasteiger partial charge in [0.15, 0.2) is 9.84 Å². The van der Waals surface area contributed by atoms with Crippen molar-refractivity contribution in [3.63, 3.8) is 0 Å². The van der Waals surface area contributed by atoms with Gasteiger partial charge in [-0.1, -0.05) is 35.9 Å². The highest BCUT2D eigenvalue weighted by atomic mass is 35.5. The zero-order valence-electron chi connectivity index (χ0n) is 11.3. The molecule has 0 unspecified atom stereocenters. The molecule has 0 aliphatic rings. The van der Waals surface area contributed by atoms with Gasteiger partial charge in [-0.3, -0.25) is 0 Å². The van der Waals surface area contributed by atoms with Crippen molar-refractivity contribution in [1.29, 1.82) is 0 Å². The van der Waals surface area contributed by atoms with Crippen molar-refractivity contribution < 1.29 is 13.2 Å². The first-order chi connectivity index (χ1) is 10.0. The van der Waals surface area contributed by atoms with Crippen molar-refractivity contribution in [3.05, 3.63) is 59.1 Å². The van der Waals surface area contributed by atoms with Crippen molar-refractivity contribution >= 4 is 21.4 Å². The van der Waals surface area contributed by atoms with Crippen LogP contribution in [0.15, 0.2) is 53.4 Å². The molecule has 2 aromatic carbocycles. The number of rotatable bonds is 6. The van der Waals surface area contributed by atoms with Crippen LogP contribution in [0.25, 0.3) is 0 Å². The summed E-state index contributed by atoms with van der Waals surface area (Å²) in [5.41, 5.74) is 6.49. The van der Waals surface area contributed by atoms with Crippen LogP contribution in [0.4, 0.5) is 0 Å². The quantitative estimate of drug-likeness (QED) is 0.886. The van der Waals surface area contributed by atoms with E-state index in [-0.39, 0.29) is 22.3 Å². The third kappa shape index (κ3) is 4.20. The first-order valence-electron chi connectivity index (χ1n) is 6.42. The van der Waals surface area contributed by atoms with Crippen LogP contribution in [0.5, 0.6) is 5.75 Å². The van der Waals surface area contributed by atoms with Crippen LogP contribution in [-0.2, 0) is 16.4 Å². The standard InChI is InChI=1S/C15H16ClNO3S/c16-14-3-1-2-4-15(14)21(18,19)10-9-20-13-7-5-12(11-17)6-8-13/h1-8H,9-11,17H2. The number of halogens is 1. The number of hydrogen-bond donors (Lipinski definition) is 1. The van der Waals surface area contributed by atoms with E-state index in [4.69, 9.17) is 22.1 Å². The van der Waals surface area contributed by atoms with E-state index >= 15 is 0 Å². The molecule has 0 atom stereocenters. The van der Waals surface area contributed by atoms with Gasteiger partial charge in [-0.25, -0.2) is 8.42 Å². The van der Waals surface area contributed by atoms with E-state index in [1.165, 1.54) is 6.07 Å². The summed E-state index contributed by atoms with van der Waals surface area (Å²) in [6.07, 6.45) is 0. The summed E-state index contributed by atoms with van der Waals surface area (Å²) in [5, 5.41) is 0.227. The summed E-state index contributed by atoms with van der Waals surface area (Å²) in [6, 6.07) is 13.6. The molecule has 0 spiro atoms. The molecule has 6 heteroatoms. The average Bonchev–Trinajstić information content (AvgIpc) is 2.48. The maximum absolute atomic E-state index is 12.2. The zero-order valence-corrected chi connectivity index (χ0v) is 12.9. The normalized spacial score (nSPS) is 11.3. The SMILES string of the molecule is NCc1ccc(OCCS(=O)(=O)c2ccccc2Cl)cc1. The van der Waals surface area contributed by atoms with Gasteiger partial charge in [0.25, 0.3) is 0 Å². The van der Waals surface area contributed by atoms with Crippen LogP contribution < -0.4 is 10.5 Å². The monoisotopic (exact) mass is 325 g/mol. The first-order valence-corrected chi connectivity index (χ1v) is 8.45. The van der Waals surface area contributed by atoms with Gasteiger partial charge in [0.2, 0.25) is 0 Å². The summed E-state index contributed by atoms with van der Waals surface area (Å²) < 4.78 is 29.8. The van der Waals surface area contributed by atoms with Gasteiger partial charge in [-0.2, -0.15) is 0 Å². The molecule has 0 heterocycles. The molecule has 0 saturated carbocycles. The van der Waals surface area contributed by atoms with Gasteiger partial charge in [0.05, 0.1) is 15.7 Å². The van der Waals surface area contributed by atoms with Gasteiger partial charge in [-0.05, 0) is 29.8 Å². The molecule has 112 valence electrons. The highest BCUT2D eigenvalue weighted by Gasteiger charge is 2.17. The minimum Gasteiger partial charge on any atom is -0.493 e. The molecule has 0 saturated heterocycles. The predicted molar refractivity (Wildman–Crippen MR) is 83.3 cm³/mol. The number of hydrogen-bond acceptors (Lipinski definition) is 4. The second-order valence-electron chi connectivity index (χ2n) is 4.45. The van der Waals surface area contributed by atoms with Crippen molar-refractivity contribution in [3.8, 4) is 5.75 Å². The van der Waals surface area contributed by atoms with Gasteiger partial charge in [0, 0.05) is 6.54 Å². The van der Waals surface area contributed by atoms with Crippen LogP contribution in [0.1, 0.15) is 5.56 Å². The van der Waals surface area contributed by atoms with E-state index in [2.05, 4.69) is 0 Å². The molecule has 0 bridgehead atoms. The molecular weight excluding hydrogens is 310 g/mol. The maximum atomic E-state index is 12.2. The van der Waals surface area contributed by atoms with Crippen molar-refractivity contribution in [2.75, 3.05) is 12.4 Å². The van der Waals surface area contributed by atoms with Crippen LogP contribution in [0.3, 0.4) is 0 Å². The smallest absolute Gasteiger partial charge is 0.183 e. The third-order valence-electron chi connectivity index (χ3n) is 2.95. The summed E-state index contributed by atoms with van der Waals surface area (Å²) in [4.78, 5) is 0.133. The molecule has 0 aromatic heterocycles. The zero-order chi connectivity index (χ0) is 15.3. The molecule has 2 aromatic rings. The number of benzene rings is 2. The van der Waals surface area contributed by atoms with E-state index < -0.39 is 9.84 Å². The second kappa shape index (κ2) is 6.93. The number of ether oxygens (including phenoxy) is 1. The van der Waals surface area contributed by atoms with Crippen molar-refractivity contribution in [1.82, 2.24) is 0 Å². The predicted octanol–water partition coefficient (Wildman–Crippen LogP) is 2.65. The lowest BCUT2D eigenvalue weighted by Gasteiger charge is -2.08. The Morgan fingerprint density at radius 2 is 1.71 bits per heavy atom. The van der Waals surface area contributed by atoms with Crippen molar-refractivity contribution in [2.24, 2.45) is 5.73 Å². The number of nitrogens with two attached hydrogens (primary N) is 1. The molecule has 0 aliphatic carbocycles. The summed E-state index contributed by atoms with van der Waals surface area (Å²) in [7, 11) is -3.45. The van der Waals surface area contributed by atoms with Gasteiger partial charge >= 0.3 is 0 Å². The average molecular weight is 326 g/mol. The Kier molecular flexibility index (Phi) is 5.22. The summed E-state index contributed by atoms with van der Waals surface area (Å²) >= 11 is 5.91. The Balaban J connectivity index is 1.97. The fourth-order valence-corrected chi connectivity index (χ4v) is 3.46. The second-order valence-corrected chi connectivity index (χ2v) is 6.93. The Morgan fingerprint density at radius 1 is 1.05 bits per heavy atom. The molecule has 2 rings (SSSR count). The molecule has 0 fully saturated rings. The fraction of sp³-hybridized carbons (Fsp3) is 0.200. The Labute approximate surface area is 129 Å². The van der Waals surface area contributed by atoms with Crippen LogP contribution in [0, 0.1) is 0 Å². The topological polar surface area (TPSA) is 69.4 Å². The first kappa shape index (κ1) is 15.8.